The Kier molecular flexibility index (Phi) is 4.67. The SMILES string of the molecule is CCCCN/C(N)=N/O. The minimum Gasteiger partial charge on any atom is -0.408 e. The molecule has 0 aliphatic rings. The third kappa shape index (κ3) is 4.93. The summed E-state index contributed by atoms with van der Waals surface area (Å²) in [6.45, 7) is 2.85. The van der Waals surface area contributed by atoms with Crippen LogP contribution >= 0.6 is 0 Å². The highest BCUT2D eigenvalue weighted by Crippen LogP contribution is 1.80. The largest absolute Gasteiger partial charge is 0.408 e. The number of hydrogen-bond acceptors (Lipinski definition) is 2. The zero-order valence-electron chi connectivity index (χ0n) is 5.59. The Balaban J connectivity index is 3.07. The van der Waals surface area contributed by atoms with Crippen molar-refractivity contribution in [3.63, 3.8) is 0 Å². The predicted octanol–water partition coefficient (Wildman–Crippen LogP) is 0.0800. The second-order valence-corrected chi connectivity index (χ2v) is 1.77. The standard InChI is InChI=1S/C5H13N3O/c1-2-3-4-7-5(6)8-9/h9H,2-4H2,1H3,(H3,6,7,8). The molecule has 0 aromatic heterocycles. The van der Waals surface area contributed by atoms with E-state index in [1.165, 1.54) is 0 Å². The molecule has 0 atom stereocenters. The van der Waals surface area contributed by atoms with Gasteiger partial charge in [-0.3, -0.25) is 0 Å². The fourth-order valence-electron chi connectivity index (χ4n) is 0.429. The van der Waals surface area contributed by atoms with Crippen LogP contribution < -0.4 is 11.1 Å². The Morgan fingerprint density at radius 2 is 2.44 bits per heavy atom. The second-order valence-electron chi connectivity index (χ2n) is 1.77. The summed E-state index contributed by atoms with van der Waals surface area (Å²) in [6.07, 6.45) is 2.14. The normalized spacial score (nSPS) is 11.4. The summed E-state index contributed by atoms with van der Waals surface area (Å²) in [4.78, 5) is 0. The molecule has 0 saturated heterocycles. The van der Waals surface area contributed by atoms with Crippen LogP contribution in [0.4, 0.5) is 0 Å². The number of hydrogen-bond donors (Lipinski definition) is 3. The fraction of sp³-hybridized carbons (Fsp3) is 0.800. The minimum atomic E-state index is 0.0865. The molecule has 0 heterocycles. The van der Waals surface area contributed by atoms with E-state index in [4.69, 9.17) is 10.9 Å². The van der Waals surface area contributed by atoms with Crippen molar-refractivity contribution in [2.75, 3.05) is 6.54 Å². The number of nitrogens with one attached hydrogen (secondary N) is 1. The van der Waals surface area contributed by atoms with Crippen LogP contribution in [0.2, 0.25) is 0 Å². The quantitative estimate of drug-likeness (QED) is 0.167. The van der Waals surface area contributed by atoms with Gasteiger partial charge < -0.3 is 16.3 Å². The lowest BCUT2D eigenvalue weighted by molar-refractivity contribution is 0.315. The molecule has 4 nitrogen and oxygen atoms in total. The zero-order valence-corrected chi connectivity index (χ0v) is 5.59. The Bertz CT molecular complexity index is 92.2. The lowest BCUT2D eigenvalue weighted by Gasteiger charge is -1.99. The van der Waals surface area contributed by atoms with E-state index >= 15 is 0 Å². The third-order valence-electron chi connectivity index (χ3n) is 0.944. The topological polar surface area (TPSA) is 70.6 Å². The Hall–Kier alpha value is -0.930. The van der Waals surface area contributed by atoms with E-state index < -0.39 is 0 Å². The van der Waals surface area contributed by atoms with Gasteiger partial charge in [-0.15, -0.1) is 0 Å². The third-order valence-corrected chi connectivity index (χ3v) is 0.944. The molecule has 4 heteroatoms. The van der Waals surface area contributed by atoms with E-state index in [-0.39, 0.29) is 5.96 Å². The van der Waals surface area contributed by atoms with Gasteiger partial charge in [-0.25, -0.2) is 0 Å². The molecule has 0 radical (unpaired) electrons. The van der Waals surface area contributed by atoms with Crippen molar-refractivity contribution in [3.05, 3.63) is 0 Å². The zero-order chi connectivity index (χ0) is 7.11. The average Bonchev–Trinajstić information content (AvgIpc) is 1.89. The van der Waals surface area contributed by atoms with Crippen molar-refractivity contribution in [2.24, 2.45) is 10.9 Å². The lowest BCUT2D eigenvalue weighted by atomic mass is 10.3. The monoisotopic (exact) mass is 131 g/mol. The Morgan fingerprint density at radius 3 is 2.89 bits per heavy atom. The summed E-state index contributed by atoms with van der Waals surface area (Å²) in [6, 6.07) is 0. The first-order valence-electron chi connectivity index (χ1n) is 3.02. The molecule has 0 amide bonds. The van der Waals surface area contributed by atoms with Crippen molar-refractivity contribution < 1.29 is 5.21 Å². The van der Waals surface area contributed by atoms with Crippen molar-refractivity contribution >= 4 is 5.96 Å². The molecule has 0 aliphatic carbocycles. The van der Waals surface area contributed by atoms with Gasteiger partial charge in [0.05, 0.1) is 0 Å². The van der Waals surface area contributed by atoms with Gasteiger partial charge in [0.1, 0.15) is 0 Å². The van der Waals surface area contributed by atoms with E-state index in [0.717, 1.165) is 19.4 Å². The van der Waals surface area contributed by atoms with Crippen molar-refractivity contribution in [2.45, 2.75) is 19.8 Å². The number of oxime groups is 1. The van der Waals surface area contributed by atoms with Crippen LogP contribution in [-0.2, 0) is 0 Å². The van der Waals surface area contributed by atoms with Gasteiger partial charge in [0.15, 0.2) is 0 Å². The molecule has 4 N–H and O–H groups in total. The molecule has 0 spiro atoms. The Morgan fingerprint density at radius 1 is 1.78 bits per heavy atom. The van der Waals surface area contributed by atoms with Crippen LogP contribution in [0.15, 0.2) is 5.16 Å². The van der Waals surface area contributed by atoms with Crippen LogP contribution in [-0.4, -0.2) is 17.7 Å². The summed E-state index contributed by atoms with van der Waals surface area (Å²) in [5.41, 5.74) is 5.10. The summed E-state index contributed by atoms with van der Waals surface area (Å²) in [7, 11) is 0. The van der Waals surface area contributed by atoms with Crippen LogP contribution in [0.25, 0.3) is 0 Å². The Labute approximate surface area is 54.7 Å². The van der Waals surface area contributed by atoms with E-state index in [2.05, 4.69) is 17.4 Å². The lowest BCUT2D eigenvalue weighted by Crippen LogP contribution is -2.31. The number of nitrogens with zero attached hydrogens (tertiary/aromatic N) is 1. The number of nitrogens with two attached hydrogens (primary N) is 1. The summed E-state index contributed by atoms with van der Waals surface area (Å²) < 4.78 is 0. The van der Waals surface area contributed by atoms with Crippen molar-refractivity contribution in [1.82, 2.24) is 5.32 Å². The molecular formula is C5H13N3O. The molecular weight excluding hydrogens is 118 g/mol. The molecule has 0 aliphatic heterocycles. The molecule has 0 rings (SSSR count). The average molecular weight is 131 g/mol. The number of guanidine groups is 1. The maximum Gasteiger partial charge on any atom is 0.230 e. The van der Waals surface area contributed by atoms with Gasteiger partial charge in [-0.05, 0) is 6.42 Å². The second kappa shape index (κ2) is 5.21. The molecule has 9 heavy (non-hydrogen) atoms. The van der Waals surface area contributed by atoms with Gasteiger partial charge in [0.2, 0.25) is 5.96 Å². The van der Waals surface area contributed by atoms with Gasteiger partial charge in [-0.1, -0.05) is 18.5 Å². The molecule has 54 valence electrons. The molecule has 0 fully saturated rings. The maximum absolute atomic E-state index is 8.03. The highest BCUT2D eigenvalue weighted by atomic mass is 16.4. The van der Waals surface area contributed by atoms with Crippen LogP contribution in [0, 0.1) is 0 Å². The number of rotatable bonds is 3. The first-order valence-corrected chi connectivity index (χ1v) is 3.02. The summed E-state index contributed by atoms with van der Waals surface area (Å²) >= 11 is 0. The van der Waals surface area contributed by atoms with E-state index in [1.807, 2.05) is 0 Å². The molecule has 0 aromatic carbocycles. The smallest absolute Gasteiger partial charge is 0.230 e. The van der Waals surface area contributed by atoms with Gasteiger partial charge in [0.25, 0.3) is 0 Å². The highest BCUT2D eigenvalue weighted by Gasteiger charge is 1.86. The van der Waals surface area contributed by atoms with Gasteiger partial charge >= 0.3 is 0 Å². The summed E-state index contributed by atoms with van der Waals surface area (Å²) in [5.74, 6) is 0.0865. The van der Waals surface area contributed by atoms with E-state index in [9.17, 15) is 0 Å². The number of unbranched alkanes of at least 4 members (excludes halogenated alkanes) is 1. The van der Waals surface area contributed by atoms with Crippen molar-refractivity contribution in [3.8, 4) is 0 Å². The van der Waals surface area contributed by atoms with E-state index in [1.54, 1.807) is 0 Å². The van der Waals surface area contributed by atoms with E-state index in [0.29, 0.717) is 0 Å². The maximum atomic E-state index is 8.03. The highest BCUT2D eigenvalue weighted by molar-refractivity contribution is 5.76. The first kappa shape index (κ1) is 8.07. The van der Waals surface area contributed by atoms with Crippen LogP contribution in [0.3, 0.4) is 0 Å². The predicted molar refractivity (Wildman–Crippen MR) is 36.3 cm³/mol. The minimum absolute atomic E-state index is 0.0865. The molecule has 0 bridgehead atoms. The van der Waals surface area contributed by atoms with Crippen LogP contribution in [0.1, 0.15) is 19.8 Å². The first-order chi connectivity index (χ1) is 4.31. The van der Waals surface area contributed by atoms with Gasteiger partial charge in [0, 0.05) is 6.54 Å². The van der Waals surface area contributed by atoms with Crippen molar-refractivity contribution in [1.29, 1.82) is 0 Å². The van der Waals surface area contributed by atoms with Gasteiger partial charge in [-0.2, -0.15) is 0 Å². The fourth-order valence-corrected chi connectivity index (χ4v) is 0.429. The molecule has 0 aromatic rings. The van der Waals surface area contributed by atoms with Crippen LogP contribution in [0.5, 0.6) is 0 Å². The molecule has 0 unspecified atom stereocenters. The summed E-state index contributed by atoms with van der Waals surface area (Å²) in [5, 5.41) is 13.5. The molecule has 0 saturated carbocycles.